The number of carbonyl (C=O) groups is 2. The van der Waals surface area contributed by atoms with E-state index in [-0.39, 0.29) is 5.91 Å². The fourth-order valence-electron chi connectivity index (χ4n) is 1.13. The number of amides is 1. The molecule has 0 unspecified atom stereocenters. The van der Waals surface area contributed by atoms with Gasteiger partial charge in [-0.05, 0) is 6.07 Å². The second kappa shape index (κ2) is 5.50. The smallest absolute Gasteiger partial charge is 0.221 e. The Kier molecular flexibility index (Phi) is 4.30. The molecule has 0 spiro atoms. The van der Waals surface area contributed by atoms with E-state index >= 15 is 0 Å². The Balaban J connectivity index is 2.49. The van der Waals surface area contributed by atoms with Crippen molar-refractivity contribution in [2.75, 3.05) is 25.5 Å². The molecule has 0 saturated heterocycles. The summed E-state index contributed by atoms with van der Waals surface area (Å²) in [6.45, 7) is 0.648. The highest BCUT2D eigenvalue weighted by Gasteiger charge is 2.06. The molecule has 0 fully saturated rings. The Bertz CT molecular complexity index is 349. The lowest BCUT2D eigenvalue weighted by atomic mass is 10.3. The maximum absolute atomic E-state index is 11.0. The Hall–Kier alpha value is -1.36. The van der Waals surface area contributed by atoms with E-state index in [1.165, 1.54) is 11.3 Å². The molecular formula is C10H14N2O2S. The van der Waals surface area contributed by atoms with Crippen LogP contribution in [0.4, 0.5) is 5.69 Å². The molecule has 0 aliphatic carbocycles. The molecule has 0 atom stereocenters. The van der Waals surface area contributed by atoms with Crippen LogP contribution in [0.15, 0.2) is 11.4 Å². The van der Waals surface area contributed by atoms with Gasteiger partial charge in [0.1, 0.15) is 0 Å². The van der Waals surface area contributed by atoms with E-state index < -0.39 is 0 Å². The number of hydrogen-bond acceptors (Lipinski definition) is 4. The molecule has 82 valence electrons. The predicted octanol–water partition coefficient (Wildman–Crippen LogP) is 1.13. The lowest BCUT2D eigenvalue weighted by molar-refractivity contribution is -0.120. The van der Waals surface area contributed by atoms with E-state index in [9.17, 15) is 9.59 Å². The summed E-state index contributed by atoms with van der Waals surface area (Å²) in [5, 5.41) is 4.48. The number of anilines is 1. The summed E-state index contributed by atoms with van der Waals surface area (Å²) < 4.78 is 0. The molecule has 0 aliphatic rings. The Labute approximate surface area is 92.9 Å². The van der Waals surface area contributed by atoms with Crippen molar-refractivity contribution < 1.29 is 9.59 Å². The highest BCUT2D eigenvalue weighted by Crippen LogP contribution is 2.20. The van der Waals surface area contributed by atoms with Gasteiger partial charge in [0.05, 0.1) is 4.88 Å². The van der Waals surface area contributed by atoms with Crippen molar-refractivity contribution in [3.8, 4) is 0 Å². The molecule has 0 aliphatic heterocycles. The molecule has 1 heterocycles. The van der Waals surface area contributed by atoms with Crippen LogP contribution in [0.3, 0.4) is 0 Å². The second-order valence-corrected chi connectivity index (χ2v) is 4.11. The van der Waals surface area contributed by atoms with Crippen LogP contribution in [0.2, 0.25) is 0 Å². The Morgan fingerprint density at radius 1 is 1.67 bits per heavy atom. The largest absolute Gasteiger partial charge is 0.373 e. The summed E-state index contributed by atoms with van der Waals surface area (Å²) >= 11 is 1.41. The summed E-state index contributed by atoms with van der Waals surface area (Å²) in [4.78, 5) is 24.2. The van der Waals surface area contributed by atoms with Gasteiger partial charge in [-0.3, -0.25) is 9.59 Å². The van der Waals surface area contributed by atoms with Gasteiger partial charge in [0.25, 0.3) is 0 Å². The van der Waals surface area contributed by atoms with Crippen LogP contribution < -0.4 is 10.2 Å². The maximum atomic E-state index is 11.0. The molecule has 0 bridgehead atoms. The summed E-state index contributed by atoms with van der Waals surface area (Å²) in [5.41, 5.74) is 0.978. The summed E-state index contributed by atoms with van der Waals surface area (Å²) in [7, 11) is 3.52. The van der Waals surface area contributed by atoms with Crippen LogP contribution in [0.5, 0.6) is 0 Å². The summed E-state index contributed by atoms with van der Waals surface area (Å²) in [6.07, 6.45) is 1.29. The first-order valence-corrected chi connectivity index (χ1v) is 5.50. The highest BCUT2D eigenvalue weighted by molar-refractivity contribution is 7.12. The molecule has 5 heteroatoms. The van der Waals surface area contributed by atoms with Crippen LogP contribution in [0, 0.1) is 0 Å². The van der Waals surface area contributed by atoms with Crippen LogP contribution in [0.1, 0.15) is 16.1 Å². The lowest BCUT2D eigenvalue weighted by Gasteiger charge is -2.16. The van der Waals surface area contributed by atoms with Gasteiger partial charge >= 0.3 is 0 Å². The first kappa shape index (κ1) is 11.7. The van der Waals surface area contributed by atoms with Gasteiger partial charge < -0.3 is 10.2 Å². The first-order valence-electron chi connectivity index (χ1n) is 4.62. The lowest BCUT2D eigenvalue weighted by Crippen LogP contribution is -2.25. The van der Waals surface area contributed by atoms with Gasteiger partial charge in [0.15, 0.2) is 6.29 Å². The molecular weight excluding hydrogens is 212 g/mol. The third-order valence-corrected chi connectivity index (χ3v) is 2.96. The van der Waals surface area contributed by atoms with Gasteiger partial charge in [0, 0.05) is 38.1 Å². The van der Waals surface area contributed by atoms with E-state index in [2.05, 4.69) is 5.32 Å². The predicted molar refractivity (Wildman–Crippen MR) is 61.7 cm³/mol. The van der Waals surface area contributed by atoms with Crippen molar-refractivity contribution in [1.29, 1.82) is 0 Å². The average molecular weight is 226 g/mol. The van der Waals surface area contributed by atoms with E-state index in [0.717, 1.165) is 12.0 Å². The molecule has 1 aromatic rings. The van der Waals surface area contributed by atoms with Crippen molar-refractivity contribution in [3.63, 3.8) is 0 Å². The third-order valence-electron chi connectivity index (χ3n) is 2.12. The first-order chi connectivity index (χ1) is 7.17. The molecule has 0 saturated carbocycles. The van der Waals surface area contributed by atoms with E-state index in [4.69, 9.17) is 0 Å². The standard InChI is InChI=1S/C10H14N2O2S/c1-11-10(14)3-4-12(2)8-5-9(6-13)15-7-8/h5-7H,3-4H2,1-2H3,(H,11,14). The topological polar surface area (TPSA) is 49.4 Å². The molecule has 1 N–H and O–H groups in total. The summed E-state index contributed by atoms with van der Waals surface area (Å²) in [6, 6.07) is 1.82. The average Bonchev–Trinajstić information content (AvgIpc) is 2.73. The summed E-state index contributed by atoms with van der Waals surface area (Å²) in [5.74, 6) is 0.0210. The minimum absolute atomic E-state index is 0.0210. The minimum atomic E-state index is 0.0210. The van der Waals surface area contributed by atoms with Gasteiger partial charge in [-0.25, -0.2) is 0 Å². The molecule has 1 rings (SSSR count). The number of hydrogen-bond donors (Lipinski definition) is 1. The number of rotatable bonds is 5. The molecule has 1 aromatic heterocycles. The normalized spacial score (nSPS) is 9.73. The molecule has 0 radical (unpaired) electrons. The molecule has 0 aromatic carbocycles. The van der Waals surface area contributed by atoms with Crippen LogP contribution in [-0.2, 0) is 4.79 Å². The molecule has 4 nitrogen and oxygen atoms in total. The fraction of sp³-hybridized carbons (Fsp3) is 0.400. The SMILES string of the molecule is CNC(=O)CCN(C)c1csc(C=O)c1. The monoisotopic (exact) mass is 226 g/mol. The van der Waals surface area contributed by atoms with E-state index in [1.807, 2.05) is 23.4 Å². The number of aldehydes is 1. The number of nitrogens with one attached hydrogen (secondary N) is 1. The number of nitrogens with zero attached hydrogens (tertiary/aromatic N) is 1. The van der Waals surface area contributed by atoms with Crippen molar-refractivity contribution in [2.24, 2.45) is 0 Å². The Morgan fingerprint density at radius 3 is 2.93 bits per heavy atom. The molecule has 1 amide bonds. The second-order valence-electron chi connectivity index (χ2n) is 3.17. The maximum Gasteiger partial charge on any atom is 0.221 e. The van der Waals surface area contributed by atoms with Crippen LogP contribution >= 0.6 is 11.3 Å². The van der Waals surface area contributed by atoms with Gasteiger partial charge in [0.2, 0.25) is 5.91 Å². The minimum Gasteiger partial charge on any atom is -0.373 e. The van der Waals surface area contributed by atoms with Gasteiger partial charge in [-0.15, -0.1) is 11.3 Å². The van der Waals surface area contributed by atoms with Crippen molar-refractivity contribution in [3.05, 3.63) is 16.3 Å². The number of thiophene rings is 1. The zero-order valence-corrected chi connectivity index (χ0v) is 9.63. The van der Waals surface area contributed by atoms with Crippen molar-refractivity contribution >= 4 is 29.2 Å². The van der Waals surface area contributed by atoms with Gasteiger partial charge in [-0.1, -0.05) is 0 Å². The third kappa shape index (κ3) is 3.36. The van der Waals surface area contributed by atoms with Crippen LogP contribution in [0.25, 0.3) is 0 Å². The van der Waals surface area contributed by atoms with Gasteiger partial charge in [-0.2, -0.15) is 0 Å². The number of carbonyl (C=O) groups excluding carboxylic acids is 2. The fourth-order valence-corrected chi connectivity index (χ4v) is 1.88. The molecule has 15 heavy (non-hydrogen) atoms. The van der Waals surface area contributed by atoms with Crippen molar-refractivity contribution in [1.82, 2.24) is 5.32 Å². The Morgan fingerprint density at radius 2 is 2.40 bits per heavy atom. The quantitative estimate of drug-likeness (QED) is 0.766. The van der Waals surface area contributed by atoms with Crippen LogP contribution in [-0.4, -0.2) is 32.8 Å². The highest BCUT2D eigenvalue weighted by atomic mass is 32.1. The zero-order chi connectivity index (χ0) is 11.3. The van der Waals surface area contributed by atoms with Crippen molar-refractivity contribution in [2.45, 2.75) is 6.42 Å². The van der Waals surface area contributed by atoms with E-state index in [0.29, 0.717) is 17.8 Å². The zero-order valence-electron chi connectivity index (χ0n) is 8.82. The van der Waals surface area contributed by atoms with E-state index in [1.54, 1.807) is 7.05 Å².